The molecule has 2 fully saturated rings. The summed E-state index contributed by atoms with van der Waals surface area (Å²) in [6.45, 7) is 6.04. The van der Waals surface area contributed by atoms with Gasteiger partial charge < -0.3 is 10.1 Å². The van der Waals surface area contributed by atoms with Gasteiger partial charge in [0, 0.05) is 25.0 Å². The minimum absolute atomic E-state index is 0.235. The molecule has 18 heavy (non-hydrogen) atoms. The van der Waals surface area contributed by atoms with Crippen LogP contribution in [0.3, 0.4) is 0 Å². The van der Waals surface area contributed by atoms with Crippen LogP contribution in [0.5, 0.6) is 0 Å². The smallest absolute Gasteiger partial charge is 0.220 e. The molecule has 2 aliphatic rings. The predicted molar refractivity (Wildman–Crippen MR) is 72.3 cm³/mol. The Balaban J connectivity index is 1.76. The minimum Gasteiger partial charge on any atom is -0.381 e. The van der Waals surface area contributed by atoms with Crippen molar-refractivity contribution in [3.05, 3.63) is 0 Å². The van der Waals surface area contributed by atoms with E-state index < -0.39 is 0 Å². The maximum Gasteiger partial charge on any atom is 0.220 e. The van der Waals surface area contributed by atoms with Crippen LogP contribution in [0.25, 0.3) is 0 Å². The van der Waals surface area contributed by atoms with Gasteiger partial charge in [-0.1, -0.05) is 26.2 Å². The molecule has 2 atom stereocenters. The first-order valence-electron chi connectivity index (χ1n) is 7.46. The Morgan fingerprint density at radius 1 is 1.39 bits per heavy atom. The molecule has 2 rings (SSSR count). The minimum atomic E-state index is 0.235. The highest BCUT2D eigenvalue weighted by molar-refractivity contribution is 5.77. The molecule has 1 aliphatic carbocycles. The van der Waals surface area contributed by atoms with Crippen LogP contribution in [0.2, 0.25) is 0 Å². The third kappa shape index (κ3) is 3.71. The average Bonchev–Trinajstić information content (AvgIpc) is 2.82. The average molecular weight is 253 g/mol. The summed E-state index contributed by atoms with van der Waals surface area (Å²) < 4.78 is 5.38. The van der Waals surface area contributed by atoms with Gasteiger partial charge in [0.05, 0.1) is 6.61 Å². The van der Waals surface area contributed by atoms with Gasteiger partial charge in [-0.2, -0.15) is 0 Å². The van der Waals surface area contributed by atoms with Gasteiger partial charge in [-0.25, -0.2) is 0 Å². The number of carbonyl (C=O) groups is 1. The van der Waals surface area contributed by atoms with Gasteiger partial charge >= 0.3 is 0 Å². The van der Waals surface area contributed by atoms with Gasteiger partial charge in [0.2, 0.25) is 5.91 Å². The van der Waals surface area contributed by atoms with E-state index in [4.69, 9.17) is 4.74 Å². The molecule has 0 radical (unpaired) electrons. The van der Waals surface area contributed by atoms with E-state index >= 15 is 0 Å². The molecule has 104 valence electrons. The van der Waals surface area contributed by atoms with Crippen molar-refractivity contribution in [2.75, 3.05) is 13.2 Å². The second-order valence-electron chi connectivity index (χ2n) is 6.53. The summed E-state index contributed by atoms with van der Waals surface area (Å²) in [6.07, 6.45) is 8.12. The molecule has 0 aromatic rings. The van der Waals surface area contributed by atoms with E-state index in [0.717, 1.165) is 19.6 Å². The lowest BCUT2D eigenvalue weighted by Gasteiger charge is -2.33. The molecule has 1 saturated heterocycles. The fraction of sp³-hybridized carbons (Fsp3) is 0.933. The number of nitrogens with one attached hydrogen (secondary N) is 1. The molecular weight excluding hydrogens is 226 g/mol. The van der Waals surface area contributed by atoms with E-state index in [-0.39, 0.29) is 17.4 Å². The molecule has 1 saturated carbocycles. The zero-order valence-electron chi connectivity index (χ0n) is 11.8. The fourth-order valence-corrected chi connectivity index (χ4v) is 3.34. The Bertz CT molecular complexity index is 278. The second-order valence-corrected chi connectivity index (χ2v) is 6.53. The molecule has 1 aliphatic heterocycles. The molecule has 3 heteroatoms. The summed E-state index contributed by atoms with van der Waals surface area (Å²) in [5, 5.41) is 3.18. The highest BCUT2D eigenvalue weighted by atomic mass is 16.5. The maximum absolute atomic E-state index is 12.1. The largest absolute Gasteiger partial charge is 0.381 e. The molecule has 0 aromatic carbocycles. The van der Waals surface area contributed by atoms with Gasteiger partial charge in [-0.05, 0) is 31.6 Å². The zero-order valence-corrected chi connectivity index (χ0v) is 11.8. The lowest BCUT2D eigenvalue weighted by molar-refractivity contribution is -0.124. The quantitative estimate of drug-likeness (QED) is 0.836. The highest BCUT2D eigenvalue weighted by Crippen LogP contribution is 2.38. The predicted octanol–water partition coefficient (Wildman–Crippen LogP) is 2.89. The van der Waals surface area contributed by atoms with Crippen molar-refractivity contribution in [2.24, 2.45) is 11.3 Å². The van der Waals surface area contributed by atoms with Crippen LogP contribution < -0.4 is 5.32 Å². The van der Waals surface area contributed by atoms with Crippen LogP contribution in [0.15, 0.2) is 0 Å². The van der Waals surface area contributed by atoms with Crippen LogP contribution in [0.1, 0.15) is 58.8 Å². The van der Waals surface area contributed by atoms with Crippen molar-refractivity contribution >= 4 is 5.91 Å². The van der Waals surface area contributed by atoms with E-state index in [0.29, 0.717) is 12.3 Å². The third-order valence-corrected chi connectivity index (χ3v) is 4.71. The number of carbonyl (C=O) groups excluding carboxylic acids is 1. The van der Waals surface area contributed by atoms with Crippen LogP contribution in [-0.4, -0.2) is 25.2 Å². The van der Waals surface area contributed by atoms with E-state index in [1.54, 1.807) is 0 Å². The summed E-state index contributed by atoms with van der Waals surface area (Å²) in [6, 6.07) is 0.257. The van der Waals surface area contributed by atoms with Gasteiger partial charge in [0.1, 0.15) is 0 Å². The molecule has 1 amide bonds. The summed E-state index contributed by atoms with van der Waals surface area (Å²) in [4.78, 5) is 12.1. The van der Waals surface area contributed by atoms with E-state index in [1.165, 1.54) is 32.1 Å². The van der Waals surface area contributed by atoms with Gasteiger partial charge in [0.15, 0.2) is 0 Å². The second kappa shape index (κ2) is 6.05. The van der Waals surface area contributed by atoms with Crippen molar-refractivity contribution in [3.63, 3.8) is 0 Å². The van der Waals surface area contributed by atoms with E-state index in [2.05, 4.69) is 19.2 Å². The standard InChI is InChI=1S/C15H27NO2/c1-12(13-6-9-18-11-13)16-14(17)10-15(2)7-4-3-5-8-15/h12-13H,3-11H2,1-2H3,(H,16,17). The zero-order chi connectivity index (χ0) is 13.0. The van der Waals surface area contributed by atoms with Crippen molar-refractivity contribution in [1.29, 1.82) is 0 Å². The Morgan fingerprint density at radius 2 is 2.11 bits per heavy atom. The number of ether oxygens (including phenoxy) is 1. The fourth-order valence-electron chi connectivity index (χ4n) is 3.34. The van der Waals surface area contributed by atoms with Gasteiger partial charge in [-0.3, -0.25) is 4.79 Å². The van der Waals surface area contributed by atoms with Crippen LogP contribution in [0, 0.1) is 11.3 Å². The number of hydrogen-bond acceptors (Lipinski definition) is 2. The Hall–Kier alpha value is -0.570. The normalized spacial score (nSPS) is 28.9. The summed E-state index contributed by atoms with van der Waals surface area (Å²) in [5.74, 6) is 0.743. The van der Waals surface area contributed by atoms with Crippen LogP contribution >= 0.6 is 0 Å². The van der Waals surface area contributed by atoms with Crippen molar-refractivity contribution in [3.8, 4) is 0 Å². The first-order chi connectivity index (χ1) is 8.59. The number of hydrogen-bond donors (Lipinski definition) is 1. The summed E-state index contributed by atoms with van der Waals surface area (Å²) in [7, 11) is 0. The lowest BCUT2D eigenvalue weighted by Crippen LogP contribution is -2.40. The molecule has 0 aromatic heterocycles. The van der Waals surface area contributed by atoms with Crippen LogP contribution in [0.4, 0.5) is 0 Å². The van der Waals surface area contributed by atoms with Crippen molar-refractivity contribution in [1.82, 2.24) is 5.32 Å². The van der Waals surface area contributed by atoms with Gasteiger partial charge in [-0.15, -0.1) is 0 Å². The Labute approximate surface area is 111 Å². The third-order valence-electron chi connectivity index (χ3n) is 4.71. The first-order valence-corrected chi connectivity index (χ1v) is 7.46. The molecular formula is C15H27NO2. The van der Waals surface area contributed by atoms with E-state index in [9.17, 15) is 4.79 Å². The summed E-state index contributed by atoms with van der Waals surface area (Å²) >= 11 is 0. The first kappa shape index (κ1) is 13.9. The molecule has 0 bridgehead atoms. The van der Waals surface area contributed by atoms with Crippen molar-refractivity contribution in [2.45, 2.75) is 64.8 Å². The maximum atomic E-state index is 12.1. The molecule has 2 unspecified atom stereocenters. The topological polar surface area (TPSA) is 38.3 Å². The molecule has 0 spiro atoms. The number of rotatable bonds is 4. The van der Waals surface area contributed by atoms with E-state index in [1.807, 2.05) is 0 Å². The van der Waals surface area contributed by atoms with Crippen LogP contribution in [-0.2, 0) is 9.53 Å². The number of amides is 1. The summed E-state index contributed by atoms with van der Waals surface area (Å²) in [5.41, 5.74) is 0.244. The van der Waals surface area contributed by atoms with Crippen molar-refractivity contribution < 1.29 is 9.53 Å². The molecule has 3 nitrogen and oxygen atoms in total. The highest BCUT2D eigenvalue weighted by Gasteiger charge is 2.31. The Morgan fingerprint density at radius 3 is 2.72 bits per heavy atom. The molecule has 1 heterocycles. The van der Waals surface area contributed by atoms with Gasteiger partial charge in [0.25, 0.3) is 0 Å². The molecule has 1 N–H and O–H groups in total. The Kier molecular flexibility index (Phi) is 4.66. The monoisotopic (exact) mass is 253 g/mol. The lowest BCUT2D eigenvalue weighted by atomic mass is 9.73. The SMILES string of the molecule is CC(NC(=O)CC1(C)CCCCC1)C1CCOC1.